The maximum absolute atomic E-state index is 13.0. The highest BCUT2D eigenvalue weighted by Gasteiger charge is 2.26. The van der Waals surface area contributed by atoms with E-state index in [1.807, 2.05) is 4.57 Å². The van der Waals surface area contributed by atoms with E-state index >= 15 is 0 Å². The van der Waals surface area contributed by atoms with Crippen LogP contribution in [0.1, 0.15) is 40.6 Å². The largest absolute Gasteiger partial charge is 0.345 e. The first-order chi connectivity index (χ1) is 14.3. The number of aromatic nitrogens is 3. The van der Waals surface area contributed by atoms with E-state index in [2.05, 4.69) is 20.2 Å². The molecule has 0 radical (unpaired) electrons. The van der Waals surface area contributed by atoms with Crippen LogP contribution in [0.5, 0.6) is 0 Å². The second-order valence-corrected chi connectivity index (χ2v) is 8.84. The van der Waals surface area contributed by atoms with Crippen molar-refractivity contribution in [1.29, 1.82) is 0 Å². The topological polar surface area (TPSA) is 106 Å². The minimum atomic E-state index is -3.95. The lowest BCUT2D eigenvalue weighted by molar-refractivity contribution is 0.0948. The van der Waals surface area contributed by atoms with Crippen LogP contribution < -0.4 is 10.0 Å². The number of hydrogen-bond acceptors (Lipinski definition) is 5. The maximum Gasteiger partial charge on any atom is 0.261 e. The molecule has 1 fully saturated rings. The van der Waals surface area contributed by atoms with Crippen LogP contribution in [0, 0.1) is 12.7 Å². The Morgan fingerprint density at radius 1 is 1.20 bits per heavy atom. The molecule has 0 bridgehead atoms. The summed E-state index contributed by atoms with van der Waals surface area (Å²) in [6.07, 6.45) is 3.79. The van der Waals surface area contributed by atoms with Crippen molar-refractivity contribution >= 4 is 21.6 Å². The van der Waals surface area contributed by atoms with E-state index in [-0.39, 0.29) is 22.7 Å². The smallest absolute Gasteiger partial charge is 0.261 e. The molecule has 0 atom stereocenters. The third kappa shape index (κ3) is 4.33. The number of rotatable bonds is 7. The van der Waals surface area contributed by atoms with Gasteiger partial charge in [0.2, 0.25) is 0 Å². The summed E-state index contributed by atoms with van der Waals surface area (Å²) < 4.78 is 42.7. The molecule has 0 spiro atoms. The fraction of sp³-hybridized carbons (Fsp3) is 0.250. The van der Waals surface area contributed by atoms with Crippen molar-refractivity contribution in [3.8, 4) is 0 Å². The van der Waals surface area contributed by atoms with Gasteiger partial charge in [-0.05, 0) is 61.7 Å². The van der Waals surface area contributed by atoms with Crippen molar-refractivity contribution in [2.24, 2.45) is 0 Å². The van der Waals surface area contributed by atoms with Gasteiger partial charge < -0.3 is 9.88 Å². The van der Waals surface area contributed by atoms with Gasteiger partial charge in [0.05, 0.1) is 11.4 Å². The fourth-order valence-electron chi connectivity index (χ4n) is 3.05. The molecule has 1 aromatic heterocycles. The predicted octanol–water partition coefficient (Wildman–Crippen LogP) is 2.79. The third-order valence-electron chi connectivity index (χ3n) is 4.85. The van der Waals surface area contributed by atoms with E-state index in [1.165, 1.54) is 24.3 Å². The predicted molar refractivity (Wildman–Crippen MR) is 108 cm³/mol. The number of anilines is 1. The number of carbonyl (C=O) groups is 1. The van der Waals surface area contributed by atoms with E-state index in [4.69, 9.17) is 0 Å². The zero-order valence-electron chi connectivity index (χ0n) is 16.2. The molecule has 1 heterocycles. The lowest BCUT2D eigenvalue weighted by atomic mass is 10.1. The molecule has 2 aromatic carbocycles. The number of sulfonamides is 1. The van der Waals surface area contributed by atoms with Gasteiger partial charge in [-0.15, -0.1) is 10.2 Å². The first-order valence-electron chi connectivity index (χ1n) is 9.39. The summed E-state index contributed by atoms with van der Waals surface area (Å²) in [4.78, 5) is 12.6. The molecule has 1 aliphatic carbocycles. The quantitative estimate of drug-likeness (QED) is 0.601. The number of nitrogens with one attached hydrogen (secondary N) is 2. The summed E-state index contributed by atoms with van der Waals surface area (Å²) in [7, 11) is -3.95. The van der Waals surface area contributed by atoms with Crippen LogP contribution in [0.3, 0.4) is 0 Å². The lowest BCUT2D eigenvalue weighted by Gasteiger charge is -2.12. The Kier molecular flexibility index (Phi) is 5.25. The second kappa shape index (κ2) is 7.86. The molecular weight excluding hydrogens is 409 g/mol. The first kappa shape index (κ1) is 20.0. The summed E-state index contributed by atoms with van der Waals surface area (Å²) in [5.74, 6) is -0.216. The standard InChI is InChI=1S/C20H20FN5O3S/c1-13-2-9-17(30(28,29)25-15-5-3-14(21)4-6-15)10-18(13)20(27)22-11-19-24-23-12-26(19)16-7-8-16/h2-6,9-10,12,16,25H,7-8,11H2,1H3,(H,22,27). The van der Waals surface area contributed by atoms with Crippen molar-refractivity contribution in [3.63, 3.8) is 0 Å². The van der Waals surface area contributed by atoms with Crippen molar-refractivity contribution < 1.29 is 17.6 Å². The highest BCUT2D eigenvalue weighted by molar-refractivity contribution is 7.92. The number of halogens is 1. The zero-order chi connectivity index (χ0) is 21.3. The summed E-state index contributed by atoms with van der Waals surface area (Å²) in [6.45, 7) is 1.92. The Bertz CT molecular complexity index is 1190. The number of hydrogen-bond donors (Lipinski definition) is 2. The van der Waals surface area contributed by atoms with E-state index < -0.39 is 21.7 Å². The van der Waals surface area contributed by atoms with Gasteiger partial charge in [0.15, 0.2) is 5.82 Å². The molecule has 10 heteroatoms. The maximum atomic E-state index is 13.0. The van der Waals surface area contributed by atoms with Crippen LogP contribution in [-0.2, 0) is 16.6 Å². The van der Waals surface area contributed by atoms with Gasteiger partial charge in [-0.3, -0.25) is 9.52 Å². The van der Waals surface area contributed by atoms with Gasteiger partial charge in [-0.2, -0.15) is 0 Å². The molecule has 0 saturated heterocycles. The van der Waals surface area contributed by atoms with Gasteiger partial charge in [0, 0.05) is 17.3 Å². The van der Waals surface area contributed by atoms with Crippen molar-refractivity contribution in [3.05, 3.63) is 71.6 Å². The van der Waals surface area contributed by atoms with E-state index in [0.717, 1.165) is 25.0 Å². The number of amides is 1. The first-order valence-corrected chi connectivity index (χ1v) is 10.9. The Balaban J connectivity index is 1.51. The van der Waals surface area contributed by atoms with E-state index in [9.17, 15) is 17.6 Å². The average molecular weight is 429 g/mol. The summed E-state index contributed by atoms with van der Waals surface area (Å²) >= 11 is 0. The highest BCUT2D eigenvalue weighted by atomic mass is 32.2. The van der Waals surface area contributed by atoms with Gasteiger partial charge in [-0.25, -0.2) is 12.8 Å². The Labute approximate surface area is 173 Å². The average Bonchev–Trinajstić information content (AvgIpc) is 3.45. The molecule has 156 valence electrons. The number of nitrogens with zero attached hydrogens (tertiary/aromatic N) is 3. The van der Waals surface area contributed by atoms with Crippen LogP contribution in [-0.4, -0.2) is 29.1 Å². The van der Waals surface area contributed by atoms with Gasteiger partial charge in [-0.1, -0.05) is 6.07 Å². The van der Waals surface area contributed by atoms with Crippen LogP contribution in [0.2, 0.25) is 0 Å². The normalized spacial score (nSPS) is 13.8. The molecule has 1 amide bonds. The van der Waals surface area contributed by atoms with Crippen LogP contribution in [0.15, 0.2) is 53.7 Å². The van der Waals surface area contributed by atoms with Crippen LogP contribution >= 0.6 is 0 Å². The molecule has 0 unspecified atom stereocenters. The van der Waals surface area contributed by atoms with Gasteiger partial charge in [0.1, 0.15) is 12.1 Å². The van der Waals surface area contributed by atoms with Gasteiger partial charge in [0.25, 0.3) is 15.9 Å². The fourth-order valence-corrected chi connectivity index (χ4v) is 4.13. The molecular formula is C20H20FN5O3S. The molecule has 2 N–H and O–H groups in total. The summed E-state index contributed by atoms with van der Waals surface area (Å²) in [5.41, 5.74) is 1.11. The van der Waals surface area contributed by atoms with Crippen LogP contribution in [0.4, 0.5) is 10.1 Å². The van der Waals surface area contributed by atoms with E-state index in [0.29, 0.717) is 17.4 Å². The van der Waals surface area contributed by atoms with Crippen molar-refractivity contribution in [2.75, 3.05) is 4.72 Å². The molecule has 1 saturated carbocycles. The summed E-state index contributed by atoms with van der Waals surface area (Å²) in [5, 5.41) is 10.7. The minimum absolute atomic E-state index is 0.0660. The Morgan fingerprint density at radius 2 is 1.93 bits per heavy atom. The van der Waals surface area contributed by atoms with E-state index in [1.54, 1.807) is 19.3 Å². The highest BCUT2D eigenvalue weighted by Crippen LogP contribution is 2.35. The lowest BCUT2D eigenvalue weighted by Crippen LogP contribution is -2.26. The minimum Gasteiger partial charge on any atom is -0.345 e. The second-order valence-electron chi connectivity index (χ2n) is 7.16. The zero-order valence-corrected chi connectivity index (χ0v) is 17.0. The number of carbonyl (C=O) groups excluding carboxylic acids is 1. The third-order valence-corrected chi connectivity index (χ3v) is 6.23. The monoisotopic (exact) mass is 429 g/mol. The molecule has 0 aliphatic heterocycles. The van der Waals surface area contributed by atoms with Crippen molar-refractivity contribution in [2.45, 2.75) is 37.2 Å². The molecule has 3 aromatic rings. The molecule has 4 rings (SSSR count). The Hall–Kier alpha value is -3.27. The Morgan fingerprint density at radius 3 is 2.63 bits per heavy atom. The SMILES string of the molecule is Cc1ccc(S(=O)(=O)Nc2ccc(F)cc2)cc1C(=O)NCc1nncn1C1CC1. The molecule has 8 nitrogen and oxygen atoms in total. The summed E-state index contributed by atoms with van der Waals surface area (Å²) in [6, 6.07) is 9.66. The molecule has 30 heavy (non-hydrogen) atoms. The molecule has 1 aliphatic rings. The number of aryl methyl sites for hydroxylation is 1. The van der Waals surface area contributed by atoms with Crippen molar-refractivity contribution in [1.82, 2.24) is 20.1 Å². The van der Waals surface area contributed by atoms with Gasteiger partial charge >= 0.3 is 0 Å². The number of benzene rings is 2. The van der Waals surface area contributed by atoms with Crippen LogP contribution in [0.25, 0.3) is 0 Å².